The van der Waals surface area contributed by atoms with E-state index >= 15 is 0 Å². The van der Waals surface area contributed by atoms with Crippen molar-refractivity contribution in [3.05, 3.63) is 93.8 Å². The smallest absolute Gasteiger partial charge is 0.322 e. The molecule has 2 aliphatic rings. The molecule has 0 aliphatic carbocycles. The molecule has 2 aliphatic heterocycles. The molecule has 1 unspecified atom stereocenters. The lowest BCUT2D eigenvalue weighted by Crippen LogP contribution is -2.41. The van der Waals surface area contributed by atoms with Crippen LogP contribution in [0.2, 0.25) is 5.02 Å². The minimum atomic E-state index is -0.192. The summed E-state index contributed by atoms with van der Waals surface area (Å²) in [5.74, 6) is 1.07. The fraction of sp³-hybridized carbons (Fsp3) is 0.367. The fourth-order valence-electron chi connectivity index (χ4n) is 5.39. The zero-order chi connectivity index (χ0) is 27.5. The molecule has 0 spiro atoms. The van der Waals surface area contributed by atoms with Gasteiger partial charge in [-0.1, -0.05) is 17.7 Å². The Bertz CT molecular complexity index is 1370. The van der Waals surface area contributed by atoms with Gasteiger partial charge in [-0.05, 0) is 74.2 Å². The van der Waals surface area contributed by atoms with E-state index in [1.54, 1.807) is 23.4 Å². The topological polar surface area (TPSA) is 81.9 Å². The molecule has 2 aromatic heterocycles. The molecule has 0 radical (unpaired) electrons. The number of carbonyl (C=O) groups excluding carboxylic acids is 2. The molecule has 204 valence electrons. The first-order valence-electron chi connectivity index (χ1n) is 13.3. The SMILES string of the molecule is Cc1ccc(N(CCCN2CC3=CN(C(=O)c4c(C)ccnc4C)CC3C2)C(=O)NCc2ccco2)cc1Cl. The fourth-order valence-corrected chi connectivity index (χ4v) is 5.56. The highest BCUT2D eigenvalue weighted by Crippen LogP contribution is 2.31. The number of aryl methyl sites for hydroxylation is 3. The third-order valence-electron chi connectivity index (χ3n) is 7.53. The van der Waals surface area contributed by atoms with Gasteiger partial charge in [0.25, 0.3) is 5.91 Å². The van der Waals surface area contributed by atoms with E-state index in [1.807, 2.05) is 62.2 Å². The van der Waals surface area contributed by atoms with Crippen molar-refractivity contribution in [1.29, 1.82) is 0 Å². The normalized spacial score (nSPS) is 16.8. The number of halogens is 1. The quantitative estimate of drug-likeness (QED) is 0.412. The lowest BCUT2D eigenvalue weighted by atomic mass is 10.1. The predicted molar refractivity (Wildman–Crippen MR) is 152 cm³/mol. The Hall–Kier alpha value is -3.62. The van der Waals surface area contributed by atoms with Crippen LogP contribution >= 0.6 is 11.6 Å². The van der Waals surface area contributed by atoms with Gasteiger partial charge in [0.05, 0.1) is 24.1 Å². The second kappa shape index (κ2) is 11.6. The van der Waals surface area contributed by atoms with Crippen LogP contribution < -0.4 is 10.2 Å². The lowest BCUT2D eigenvalue weighted by Gasteiger charge is -2.25. The van der Waals surface area contributed by atoms with Crippen molar-refractivity contribution in [2.75, 3.05) is 37.6 Å². The standard InChI is InChI=1S/C30H34ClN5O3/c1-20-7-8-25(14-27(20)31)36(30(38)33-15-26-6-4-13-39-26)12-5-11-34-16-23-18-35(19-24(23)17-34)29(37)28-21(2)9-10-32-22(28)3/h4,6-10,13-14,18,24H,5,11-12,15-17,19H2,1-3H3,(H,33,38). The minimum absolute atomic E-state index is 0.0273. The van der Waals surface area contributed by atoms with E-state index in [2.05, 4.69) is 15.2 Å². The summed E-state index contributed by atoms with van der Waals surface area (Å²) in [4.78, 5) is 36.6. The number of furan rings is 1. The summed E-state index contributed by atoms with van der Waals surface area (Å²) in [5, 5.41) is 3.58. The van der Waals surface area contributed by atoms with Crippen molar-refractivity contribution in [3.8, 4) is 0 Å². The van der Waals surface area contributed by atoms with E-state index in [0.29, 0.717) is 41.9 Å². The van der Waals surface area contributed by atoms with Crippen LogP contribution in [0.1, 0.15) is 39.4 Å². The summed E-state index contributed by atoms with van der Waals surface area (Å²) in [5.41, 5.74) is 5.45. The number of benzene rings is 1. The highest BCUT2D eigenvalue weighted by atomic mass is 35.5. The third kappa shape index (κ3) is 6.02. The second-order valence-corrected chi connectivity index (χ2v) is 10.8. The summed E-state index contributed by atoms with van der Waals surface area (Å²) in [7, 11) is 0. The summed E-state index contributed by atoms with van der Waals surface area (Å²) in [6.45, 7) is 9.94. The van der Waals surface area contributed by atoms with Crippen molar-refractivity contribution in [3.63, 3.8) is 0 Å². The Morgan fingerprint density at radius 3 is 2.72 bits per heavy atom. The average molecular weight is 548 g/mol. The van der Waals surface area contributed by atoms with Crippen LogP contribution in [0, 0.1) is 26.7 Å². The van der Waals surface area contributed by atoms with Gasteiger partial charge in [-0.15, -0.1) is 0 Å². The number of hydrogen-bond donors (Lipinski definition) is 1. The summed E-state index contributed by atoms with van der Waals surface area (Å²) in [6.07, 6.45) is 6.17. The summed E-state index contributed by atoms with van der Waals surface area (Å²) >= 11 is 6.38. The van der Waals surface area contributed by atoms with Crippen molar-refractivity contribution in [2.24, 2.45) is 5.92 Å². The Labute approximate surface area is 234 Å². The first-order valence-corrected chi connectivity index (χ1v) is 13.7. The number of hydrogen-bond acceptors (Lipinski definition) is 5. The number of pyridine rings is 1. The Morgan fingerprint density at radius 2 is 2.00 bits per heavy atom. The van der Waals surface area contributed by atoms with Crippen LogP contribution in [0.5, 0.6) is 0 Å². The van der Waals surface area contributed by atoms with Gasteiger partial charge in [-0.2, -0.15) is 0 Å². The average Bonchev–Trinajstić information content (AvgIpc) is 3.64. The molecule has 3 aromatic rings. The number of anilines is 1. The van der Waals surface area contributed by atoms with Gasteiger partial charge in [0.2, 0.25) is 0 Å². The maximum absolute atomic E-state index is 13.2. The van der Waals surface area contributed by atoms with Gasteiger partial charge >= 0.3 is 6.03 Å². The predicted octanol–water partition coefficient (Wildman–Crippen LogP) is 5.33. The molecule has 1 aromatic carbocycles. The van der Waals surface area contributed by atoms with Gasteiger partial charge < -0.3 is 14.6 Å². The monoisotopic (exact) mass is 547 g/mol. The van der Waals surface area contributed by atoms with E-state index in [1.165, 1.54) is 5.57 Å². The molecule has 1 fully saturated rings. The molecular weight excluding hydrogens is 514 g/mol. The number of nitrogens with zero attached hydrogens (tertiary/aromatic N) is 4. The molecule has 1 atom stereocenters. The zero-order valence-corrected chi connectivity index (χ0v) is 23.4. The van der Waals surface area contributed by atoms with Crippen LogP contribution in [0.3, 0.4) is 0 Å². The molecule has 3 amide bonds. The van der Waals surface area contributed by atoms with E-state index in [-0.39, 0.29) is 11.9 Å². The van der Waals surface area contributed by atoms with Gasteiger partial charge in [0.15, 0.2) is 0 Å². The Morgan fingerprint density at radius 1 is 1.15 bits per heavy atom. The van der Waals surface area contributed by atoms with Gasteiger partial charge in [-0.3, -0.25) is 19.6 Å². The molecular formula is C30H34ClN5O3. The van der Waals surface area contributed by atoms with E-state index in [4.69, 9.17) is 16.0 Å². The van der Waals surface area contributed by atoms with Crippen molar-refractivity contribution < 1.29 is 14.0 Å². The molecule has 9 heteroatoms. The lowest BCUT2D eigenvalue weighted by molar-refractivity contribution is 0.0818. The molecule has 0 bridgehead atoms. The number of rotatable bonds is 8. The van der Waals surface area contributed by atoms with Crippen LogP contribution in [-0.4, -0.2) is 59.4 Å². The zero-order valence-electron chi connectivity index (χ0n) is 22.6. The van der Waals surface area contributed by atoms with Crippen LogP contribution in [0.4, 0.5) is 10.5 Å². The first-order chi connectivity index (χ1) is 18.8. The van der Waals surface area contributed by atoms with Crippen molar-refractivity contribution in [2.45, 2.75) is 33.7 Å². The summed E-state index contributed by atoms with van der Waals surface area (Å²) in [6, 6.07) is 11.0. The van der Waals surface area contributed by atoms with E-state index in [0.717, 1.165) is 48.6 Å². The number of amides is 3. The van der Waals surface area contributed by atoms with Gasteiger partial charge in [0, 0.05) is 61.7 Å². The highest BCUT2D eigenvalue weighted by Gasteiger charge is 2.36. The highest BCUT2D eigenvalue weighted by molar-refractivity contribution is 6.31. The van der Waals surface area contributed by atoms with Crippen LogP contribution in [0.15, 0.2) is 65.0 Å². The number of likely N-dealkylation sites (tertiary alicyclic amines) is 1. The molecule has 39 heavy (non-hydrogen) atoms. The number of aromatic nitrogens is 1. The first kappa shape index (κ1) is 27.0. The van der Waals surface area contributed by atoms with Gasteiger partial charge in [0.1, 0.15) is 5.76 Å². The van der Waals surface area contributed by atoms with Crippen molar-refractivity contribution in [1.82, 2.24) is 20.1 Å². The minimum Gasteiger partial charge on any atom is -0.467 e. The number of nitrogens with one attached hydrogen (secondary N) is 1. The maximum atomic E-state index is 13.2. The number of fused-ring (bicyclic) bond motifs is 1. The Balaban J connectivity index is 1.18. The molecule has 1 N–H and O–H groups in total. The summed E-state index contributed by atoms with van der Waals surface area (Å²) < 4.78 is 5.35. The largest absolute Gasteiger partial charge is 0.467 e. The number of urea groups is 1. The van der Waals surface area contributed by atoms with E-state index in [9.17, 15) is 9.59 Å². The van der Waals surface area contributed by atoms with Gasteiger partial charge in [-0.25, -0.2) is 4.79 Å². The molecule has 4 heterocycles. The molecule has 1 saturated heterocycles. The molecule has 8 nitrogen and oxygen atoms in total. The maximum Gasteiger partial charge on any atom is 0.322 e. The van der Waals surface area contributed by atoms with Crippen LogP contribution in [-0.2, 0) is 6.54 Å². The van der Waals surface area contributed by atoms with Crippen molar-refractivity contribution >= 4 is 29.2 Å². The third-order valence-corrected chi connectivity index (χ3v) is 7.94. The second-order valence-electron chi connectivity index (χ2n) is 10.4. The Kier molecular flexibility index (Phi) is 8.04. The molecule has 0 saturated carbocycles. The van der Waals surface area contributed by atoms with E-state index < -0.39 is 0 Å². The number of carbonyl (C=O) groups is 2. The molecule has 5 rings (SSSR count). The van der Waals surface area contributed by atoms with Crippen LogP contribution in [0.25, 0.3) is 0 Å².